The van der Waals surface area contributed by atoms with E-state index in [1.165, 1.54) is 0 Å². The molecule has 1 aromatic heterocycles. The van der Waals surface area contributed by atoms with Crippen LogP contribution in [-0.4, -0.2) is 22.6 Å². The van der Waals surface area contributed by atoms with E-state index in [0.717, 1.165) is 4.47 Å². The van der Waals surface area contributed by atoms with Crippen molar-refractivity contribution in [1.82, 2.24) is 15.5 Å². The van der Waals surface area contributed by atoms with E-state index in [9.17, 15) is 4.79 Å². The molecule has 5 nitrogen and oxygen atoms in total. The van der Waals surface area contributed by atoms with Crippen LogP contribution in [0.3, 0.4) is 0 Å². The minimum Gasteiger partial charge on any atom is -0.351 e. The normalized spacial score (nSPS) is 10.5. The Labute approximate surface area is 124 Å². The first-order valence-electron chi connectivity index (χ1n) is 5.62. The first kappa shape index (κ1) is 14.1. The molecular weight excluding hydrogens is 330 g/mol. The molecule has 0 spiro atoms. The van der Waals surface area contributed by atoms with E-state index in [4.69, 9.17) is 4.52 Å². The fraction of sp³-hybridized carbons (Fsp3) is 0.250. The Morgan fingerprint density at radius 1 is 1.53 bits per heavy atom. The topological polar surface area (TPSA) is 68.0 Å². The third kappa shape index (κ3) is 3.81. The van der Waals surface area contributed by atoms with Crippen molar-refractivity contribution in [3.63, 3.8) is 0 Å². The van der Waals surface area contributed by atoms with Gasteiger partial charge in [-0.3, -0.25) is 4.79 Å². The Hall–Kier alpha value is -1.34. The van der Waals surface area contributed by atoms with Gasteiger partial charge in [-0.1, -0.05) is 21.1 Å². The maximum Gasteiger partial charge on any atom is 0.252 e. The molecule has 1 amide bonds. The predicted octanol–water partition coefficient (Wildman–Crippen LogP) is 2.40. The molecule has 0 radical (unpaired) electrons. The van der Waals surface area contributed by atoms with Crippen LogP contribution < -0.4 is 5.32 Å². The summed E-state index contributed by atoms with van der Waals surface area (Å²) in [6.45, 7) is 2.18. The Kier molecular flexibility index (Phi) is 4.60. The summed E-state index contributed by atoms with van der Waals surface area (Å²) < 4.78 is 5.84. The molecule has 0 aliphatic rings. The first-order valence-corrected chi connectivity index (χ1v) is 6.86. The smallest absolute Gasteiger partial charge is 0.252 e. The van der Waals surface area contributed by atoms with Gasteiger partial charge < -0.3 is 9.84 Å². The van der Waals surface area contributed by atoms with Crippen LogP contribution in [0.4, 0.5) is 0 Å². The average molecular weight is 342 g/mol. The molecule has 0 atom stereocenters. The molecule has 0 bridgehead atoms. The van der Waals surface area contributed by atoms with Crippen molar-refractivity contribution in [2.45, 2.75) is 18.2 Å². The van der Waals surface area contributed by atoms with Gasteiger partial charge in [0.1, 0.15) is 0 Å². The van der Waals surface area contributed by atoms with Crippen molar-refractivity contribution in [2.75, 3.05) is 6.54 Å². The lowest BCUT2D eigenvalue weighted by Crippen LogP contribution is -2.26. The molecule has 1 heterocycles. The van der Waals surface area contributed by atoms with Crippen molar-refractivity contribution in [3.05, 3.63) is 40.0 Å². The summed E-state index contributed by atoms with van der Waals surface area (Å²) in [6.07, 6.45) is 0.505. The van der Waals surface area contributed by atoms with Gasteiger partial charge in [0, 0.05) is 22.3 Å². The van der Waals surface area contributed by atoms with E-state index < -0.39 is 0 Å². The fourth-order valence-electron chi connectivity index (χ4n) is 1.52. The summed E-state index contributed by atoms with van der Waals surface area (Å²) >= 11 is 7.59. The monoisotopic (exact) mass is 341 g/mol. The summed E-state index contributed by atoms with van der Waals surface area (Å²) in [4.78, 5) is 16.6. The molecule has 0 fully saturated rings. The summed E-state index contributed by atoms with van der Waals surface area (Å²) in [5.74, 6) is 0.931. The number of nitrogens with zero attached hydrogens (tertiary/aromatic N) is 2. The lowest BCUT2D eigenvalue weighted by atomic mass is 10.2. The number of amides is 1. The van der Waals surface area contributed by atoms with Crippen molar-refractivity contribution >= 4 is 34.5 Å². The van der Waals surface area contributed by atoms with E-state index in [-0.39, 0.29) is 5.91 Å². The number of aryl methyl sites for hydroxylation is 1. The third-order valence-electron chi connectivity index (χ3n) is 2.40. The van der Waals surface area contributed by atoms with Gasteiger partial charge in [0.15, 0.2) is 5.82 Å². The highest BCUT2D eigenvalue weighted by atomic mass is 79.9. The number of benzene rings is 1. The van der Waals surface area contributed by atoms with Crippen molar-refractivity contribution in [3.8, 4) is 0 Å². The zero-order chi connectivity index (χ0) is 13.8. The number of thiol groups is 1. The molecule has 0 aliphatic heterocycles. The van der Waals surface area contributed by atoms with Gasteiger partial charge in [-0.25, -0.2) is 0 Å². The molecule has 0 unspecified atom stereocenters. The van der Waals surface area contributed by atoms with Gasteiger partial charge in [-0.05, 0) is 25.1 Å². The maximum atomic E-state index is 11.9. The maximum absolute atomic E-state index is 11.9. The Bertz CT molecular complexity index is 600. The standard InChI is InChI=1S/C12H12BrN3O2S/c1-7-15-11(18-16-7)4-5-14-12(17)9-3-2-8(13)6-10(9)19/h2-3,6,19H,4-5H2,1H3,(H,14,17). The highest BCUT2D eigenvalue weighted by Crippen LogP contribution is 2.19. The van der Waals surface area contributed by atoms with Crippen LogP contribution in [0.5, 0.6) is 0 Å². The first-order chi connectivity index (χ1) is 9.06. The number of rotatable bonds is 4. The molecule has 2 aromatic rings. The minimum absolute atomic E-state index is 0.172. The predicted molar refractivity (Wildman–Crippen MR) is 76.5 cm³/mol. The second-order valence-corrected chi connectivity index (χ2v) is 5.30. The summed E-state index contributed by atoms with van der Waals surface area (Å²) in [6, 6.07) is 5.30. The van der Waals surface area contributed by atoms with Crippen LogP contribution in [0, 0.1) is 6.92 Å². The molecule has 1 aromatic carbocycles. The van der Waals surface area contributed by atoms with Crippen molar-refractivity contribution < 1.29 is 9.32 Å². The number of aromatic nitrogens is 2. The summed E-state index contributed by atoms with van der Waals surface area (Å²) in [5, 5.41) is 6.47. The van der Waals surface area contributed by atoms with Crippen LogP contribution in [0.15, 0.2) is 32.1 Å². The molecule has 0 saturated heterocycles. The zero-order valence-electron chi connectivity index (χ0n) is 10.2. The molecule has 19 heavy (non-hydrogen) atoms. The quantitative estimate of drug-likeness (QED) is 0.838. The van der Waals surface area contributed by atoms with Crippen LogP contribution >= 0.6 is 28.6 Å². The molecular formula is C12H12BrN3O2S. The van der Waals surface area contributed by atoms with Crippen molar-refractivity contribution in [2.24, 2.45) is 0 Å². The average Bonchev–Trinajstić information content (AvgIpc) is 2.75. The number of nitrogens with one attached hydrogen (secondary N) is 1. The van der Waals surface area contributed by atoms with Gasteiger partial charge in [0.2, 0.25) is 5.89 Å². The van der Waals surface area contributed by atoms with E-state index in [1.54, 1.807) is 25.1 Å². The van der Waals surface area contributed by atoms with Gasteiger partial charge in [-0.2, -0.15) is 4.98 Å². The Balaban J connectivity index is 1.90. The van der Waals surface area contributed by atoms with Gasteiger partial charge >= 0.3 is 0 Å². The minimum atomic E-state index is -0.172. The van der Waals surface area contributed by atoms with E-state index >= 15 is 0 Å². The van der Waals surface area contributed by atoms with Crippen molar-refractivity contribution in [1.29, 1.82) is 0 Å². The zero-order valence-corrected chi connectivity index (χ0v) is 12.7. The van der Waals surface area contributed by atoms with Crippen LogP contribution in [0.25, 0.3) is 0 Å². The fourth-order valence-corrected chi connectivity index (χ4v) is 2.37. The number of hydrogen-bond acceptors (Lipinski definition) is 5. The van der Waals surface area contributed by atoms with Gasteiger partial charge in [-0.15, -0.1) is 12.6 Å². The lowest BCUT2D eigenvalue weighted by molar-refractivity contribution is 0.0950. The highest BCUT2D eigenvalue weighted by molar-refractivity contribution is 9.10. The molecule has 7 heteroatoms. The Morgan fingerprint density at radius 3 is 2.95 bits per heavy atom. The molecule has 0 saturated carbocycles. The molecule has 0 aliphatic carbocycles. The lowest BCUT2D eigenvalue weighted by Gasteiger charge is -2.06. The second-order valence-electron chi connectivity index (χ2n) is 3.90. The highest BCUT2D eigenvalue weighted by Gasteiger charge is 2.10. The van der Waals surface area contributed by atoms with E-state index in [0.29, 0.717) is 35.1 Å². The van der Waals surface area contributed by atoms with Crippen LogP contribution in [0.2, 0.25) is 0 Å². The molecule has 1 N–H and O–H groups in total. The molecule has 2 rings (SSSR count). The molecule has 100 valence electrons. The second kappa shape index (κ2) is 6.21. The van der Waals surface area contributed by atoms with E-state index in [2.05, 4.69) is 44.0 Å². The summed E-state index contributed by atoms with van der Waals surface area (Å²) in [7, 11) is 0. The SMILES string of the molecule is Cc1noc(CCNC(=O)c2ccc(Br)cc2S)n1. The number of carbonyl (C=O) groups excluding carboxylic acids is 1. The van der Waals surface area contributed by atoms with Gasteiger partial charge in [0.05, 0.1) is 5.56 Å². The van der Waals surface area contributed by atoms with E-state index in [1.807, 2.05) is 0 Å². The largest absolute Gasteiger partial charge is 0.351 e. The summed E-state index contributed by atoms with van der Waals surface area (Å²) in [5.41, 5.74) is 0.535. The van der Waals surface area contributed by atoms with Crippen LogP contribution in [0.1, 0.15) is 22.1 Å². The van der Waals surface area contributed by atoms with Crippen LogP contribution in [-0.2, 0) is 6.42 Å². The number of hydrogen-bond donors (Lipinski definition) is 2. The van der Waals surface area contributed by atoms with Gasteiger partial charge in [0.25, 0.3) is 5.91 Å². The third-order valence-corrected chi connectivity index (χ3v) is 3.26. The number of halogens is 1. The number of carbonyl (C=O) groups is 1. The Morgan fingerprint density at radius 2 is 2.32 bits per heavy atom.